The van der Waals surface area contributed by atoms with Crippen molar-refractivity contribution in [1.29, 1.82) is 0 Å². The number of rotatable bonds is 0. The van der Waals surface area contributed by atoms with Crippen molar-refractivity contribution in [1.82, 2.24) is 0 Å². The first kappa shape index (κ1) is 22.6. The molecule has 0 aliphatic rings. The molecule has 0 aromatic rings. The van der Waals surface area contributed by atoms with Crippen molar-refractivity contribution in [2.45, 2.75) is 102 Å². The zero-order valence-electron chi connectivity index (χ0n) is 15.6. The Balaban J connectivity index is 0. The molecule has 124 valence electrons. The maximum atomic E-state index is 11.6. The predicted molar refractivity (Wildman–Crippen MR) is 95.3 cm³/mol. The molecule has 0 aliphatic carbocycles. The van der Waals surface area contributed by atoms with Crippen LogP contribution in [-0.4, -0.2) is 27.4 Å². The van der Waals surface area contributed by atoms with Crippen LogP contribution in [0, 0.1) is 0 Å². The maximum Gasteiger partial charge on any atom is 0.0380 e. The van der Waals surface area contributed by atoms with Crippen LogP contribution in [0.25, 0.3) is 0 Å². The van der Waals surface area contributed by atoms with Crippen LogP contribution in [0.4, 0.5) is 0 Å². The lowest BCUT2D eigenvalue weighted by atomic mass is 10.2. The summed E-state index contributed by atoms with van der Waals surface area (Å²) in [5.74, 6) is 0. The summed E-state index contributed by atoms with van der Waals surface area (Å²) in [4.78, 5) is 0. The highest BCUT2D eigenvalue weighted by Gasteiger charge is 2.30. The maximum absolute atomic E-state index is 11.6. The molecule has 0 saturated heterocycles. The first-order valence-corrected chi connectivity index (χ1v) is 9.45. The van der Waals surface area contributed by atoms with Gasteiger partial charge >= 0.3 is 0 Å². The fourth-order valence-electron chi connectivity index (χ4n) is 1.84. The minimum Gasteiger partial charge on any atom is -0.258 e. The first-order valence-electron chi connectivity index (χ1n) is 7.15. The molecule has 0 unspecified atom stereocenters. The molecule has 0 N–H and O–H groups in total. The van der Waals surface area contributed by atoms with Gasteiger partial charge in [0, 0.05) is 40.6 Å². The normalized spacial score (nSPS) is 14.3. The third-order valence-electron chi connectivity index (χ3n) is 2.22. The lowest BCUT2D eigenvalue weighted by Crippen LogP contribution is -2.35. The van der Waals surface area contributed by atoms with E-state index >= 15 is 0 Å². The van der Waals surface area contributed by atoms with Crippen molar-refractivity contribution in [2.75, 3.05) is 0 Å². The molecule has 0 spiro atoms. The van der Waals surface area contributed by atoms with Crippen molar-refractivity contribution in [3.8, 4) is 0 Å². The van der Waals surface area contributed by atoms with Crippen LogP contribution in [0.5, 0.6) is 0 Å². The third-order valence-corrected chi connectivity index (χ3v) is 6.67. The SMILES string of the molecule is CC(C)(C)S(=O)C(C)(C)C.CC(C)(C)S(=O)C(C)(C)C. The minimum absolute atomic E-state index is 0.0851. The van der Waals surface area contributed by atoms with Crippen LogP contribution in [0.1, 0.15) is 83.1 Å². The third kappa shape index (κ3) is 9.28. The molecule has 0 aromatic heterocycles. The van der Waals surface area contributed by atoms with Gasteiger partial charge in [0.15, 0.2) is 0 Å². The van der Waals surface area contributed by atoms with Gasteiger partial charge in [-0.15, -0.1) is 0 Å². The first-order chi connectivity index (χ1) is 8.31. The van der Waals surface area contributed by atoms with Crippen molar-refractivity contribution in [3.05, 3.63) is 0 Å². The molecule has 0 bridgehead atoms. The Morgan fingerprint density at radius 3 is 0.500 bits per heavy atom. The van der Waals surface area contributed by atoms with E-state index in [9.17, 15) is 8.42 Å². The standard InChI is InChI=1S/2C8H18OS/c2*1-7(2,3)10(9)8(4,5)6/h2*1-6H3. The van der Waals surface area contributed by atoms with Gasteiger partial charge in [-0.2, -0.15) is 0 Å². The Bertz CT molecular complexity index is 277. The largest absolute Gasteiger partial charge is 0.258 e. The second kappa shape index (κ2) is 7.04. The second-order valence-electron chi connectivity index (χ2n) is 8.99. The van der Waals surface area contributed by atoms with E-state index in [1.54, 1.807) is 0 Å². The van der Waals surface area contributed by atoms with E-state index in [2.05, 4.69) is 0 Å². The van der Waals surface area contributed by atoms with E-state index in [4.69, 9.17) is 0 Å². The number of hydrogen-bond acceptors (Lipinski definition) is 2. The van der Waals surface area contributed by atoms with Gasteiger partial charge in [0.2, 0.25) is 0 Å². The van der Waals surface area contributed by atoms with Crippen LogP contribution in [0.3, 0.4) is 0 Å². The van der Waals surface area contributed by atoms with Gasteiger partial charge in [0.25, 0.3) is 0 Å². The van der Waals surface area contributed by atoms with Crippen LogP contribution in [-0.2, 0) is 21.6 Å². The van der Waals surface area contributed by atoms with Crippen molar-refractivity contribution < 1.29 is 8.42 Å². The molecule has 4 heteroatoms. The highest BCUT2D eigenvalue weighted by Crippen LogP contribution is 2.24. The average molecular weight is 325 g/mol. The Kier molecular flexibility index (Phi) is 7.95. The molecular weight excluding hydrogens is 288 g/mol. The van der Waals surface area contributed by atoms with Crippen LogP contribution < -0.4 is 0 Å². The van der Waals surface area contributed by atoms with Gasteiger partial charge in [0.1, 0.15) is 0 Å². The van der Waals surface area contributed by atoms with Crippen molar-refractivity contribution in [3.63, 3.8) is 0 Å². The molecule has 0 fully saturated rings. The Hall–Kier alpha value is 0.300. The van der Waals surface area contributed by atoms with Crippen LogP contribution in [0.15, 0.2) is 0 Å². The summed E-state index contributed by atoms with van der Waals surface area (Å²) in [5.41, 5.74) is 0. The Morgan fingerprint density at radius 1 is 0.400 bits per heavy atom. The minimum atomic E-state index is -0.755. The highest BCUT2D eigenvalue weighted by molar-refractivity contribution is 7.88. The quantitative estimate of drug-likeness (QED) is 0.649. The van der Waals surface area contributed by atoms with Gasteiger partial charge in [-0.25, -0.2) is 0 Å². The zero-order valence-corrected chi connectivity index (χ0v) is 17.3. The molecule has 0 saturated carbocycles. The van der Waals surface area contributed by atoms with Crippen molar-refractivity contribution >= 4 is 21.6 Å². The Morgan fingerprint density at radius 2 is 0.500 bits per heavy atom. The van der Waals surface area contributed by atoms with Crippen molar-refractivity contribution in [2.24, 2.45) is 0 Å². The summed E-state index contributed by atoms with van der Waals surface area (Å²) in [7, 11) is -1.51. The summed E-state index contributed by atoms with van der Waals surface area (Å²) in [6.45, 7) is 24.1. The lowest BCUT2D eigenvalue weighted by Gasteiger charge is -2.28. The fraction of sp³-hybridized carbons (Fsp3) is 1.00. The Labute approximate surface area is 132 Å². The van der Waals surface area contributed by atoms with Gasteiger partial charge in [-0.3, -0.25) is 8.42 Å². The van der Waals surface area contributed by atoms with E-state index in [-0.39, 0.29) is 19.0 Å². The van der Waals surface area contributed by atoms with E-state index < -0.39 is 21.6 Å². The lowest BCUT2D eigenvalue weighted by molar-refractivity contribution is 0.611. The van der Waals surface area contributed by atoms with Gasteiger partial charge in [0.05, 0.1) is 0 Å². The molecule has 2 nitrogen and oxygen atoms in total. The van der Waals surface area contributed by atoms with E-state index in [0.717, 1.165) is 0 Å². The molecule has 0 aromatic carbocycles. The summed E-state index contributed by atoms with van der Waals surface area (Å²) >= 11 is 0. The highest BCUT2D eigenvalue weighted by atomic mass is 32.2. The molecule has 0 radical (unpaired) electrons. The summed E-state index contributed by atoms with van der Waals surface area (Å²) < 4.78 is 22.9. The molecule has 20 heavy (non-hydrogen) atoms. The monoisotopic (exact) mass is 324 g/mol. The smallest absolute Gasteiger partial charge is 0.0380 e. The number of hydrogen-bond donors (Lipinski definition) is 0. The molecule has 0 rings (SSSR count). The van der Waals surface area contributed by atoms with Crippen LogP contribution >= 0.6 is 0 Å². The van der Waals surface area contributed by atoms with Crippen LogP contribution in [0.2, 0.25) is 0 Å². The molecule has 0 aliphatic heterocycles. The van der Waals surface area contributed by atoms with E-state index in [0.29, 0.717) is 0 Å². The second-order valence-corrected chi connectivity index (χ2v) is 15.0. The molecule has 0 atom stereocenters. The molecular formula is C16H36O2S2. The fourth-order valence-corrected chi connectivity index (χ4v) is 5.51. The average Bonchev–Trinajstić information content (AvgIpc) is 2.10. The molecule has 0 amide bonds. The van der Waals surface area contributed by atoms with E-state index in [1.165, 1.54) is 0 Å². The predicted octanol–water partition coefficient (Wildman–Crippen LogP) is 4.66. The topological polar surface area (TPSA) is 34.1 Å². The molecule has 0 heterocycles. The van der Waals surface area contributed by atoms with Gasteiger partial charge < -0.3 is 0 Å². The summed E-state index contributed by atoms with van der Waals surface area (Å²) in [6.07, 6.45) is 0. The summed E-state index contributed by atoms with van der Waals surface area (Å²) in [6, 6.07) is 0. The van der Waals surface area contributed by atoms with E-state index in [1.807, 2.05) is 83.1 Å². The van der Waals surface area contributed by atoms with Gasteiger partial charge in [-0.1, -0.05) is 0 Å². The zero-order chi connectivity index (χ0) is 17.2. The van der Waals surface area contributed by atoms with Gasteiger partial charge in [-0.05, 0) is 83.1 Å². The summed E-state index contributed by atoms with van der Waals surface area (Å²) in [5, 5.41) is 0.